The zero-order valence-corrected chi connectivity index (χ0v) is 13.0. The third kappa shape index (κ3) is 5.21. The third-order valence-electron chi connectivity index (χ3n) is 3.54. The lowest BCUT2D eigenvalue weighted by atomic mass is 10.1. The minimum Gasteiger partial charge on any atom is -0.398 e. The van der Waals surface area contributed by atoms with E-state index < -0.39 is 0 Å². The standard InChI is InChI=1S/C16H26N2O2/c1-5-16(3,4)20-11-7-10-15(19)18-14-9-6-8-13(17)12(14)2/h6,8-9H,5,7,10-11,17H2,1-4H3,(H,18,19). The van der Waals surface area contributed by atoms with Crippen LogP contribution >= 0.6 is 0 Å². The summed E-state index contributed by atoms with van der Waals surface area (Å²) < 4.78 is 5.72. The summed E-state index contributed by atoms with van der Waals surface area (Å²) in [6, 6.07) is 5.52. The molecule has 0 heterocycles. The molecule has 0 aliphatic rings. The summed E-state index contributed by atoms with van der Waals surface area (Å²) in [5.74, 6) is -0.00314. The Morgan fingerprint density at radius 3 is 2.75 bits per heavy atom. The molecule has 0 unspecified atom stereocenters. The maximum absolute atomic E-state index is 11.9. The molecule has 0 aliphatic carbocycles. The monoisotopic (exact) mass is 278 g/mol. The minimum absolute atomic E-state index is 0.00314. The number of nitrogens with two attached hydrogens (primary N) is 1. The van der Waals surface area contributed by atoms with Crippen molar-refractivity contribution >= 4 is 17.3 Å². The van der Waals surface area contributed by atoms with Gasteiger partial charge in [-0.1, -0.05) is 13.0 Å². The molecular formula is C16H26N2O2. The first-order valence-corrected chi connectivity index (χ1v) is 7.14. The normalized spacial score (nSPS) is 11.4. The van der Waals surface area contributed by atoms with Gasteiger partial charge in [0.25, 0.3) is 0 Å². The number of hydrogen-bond donors (Lipinski definition) is 2. The van der Waals surface area contributed by atoms with Crippen LogP contribution < -0.4 is 11.1 Å². The Morgan fingerprint density at radius 1 is 1.40 bits per heavy atom. The van der Waals surface area contributed by atoms with Crippen molar-refractivity contribution in [2.45, 2.75) is 52.6 Å². The Labute approximate surface area is 121 Å². The smallest absolute Gasteiger partial charge is 0.224 e. The summed E-state index contributed by atoms with van der Waals surface area (Å²) >= 11 is 0. The van der Waals surface area contributed by atoms with Crippen LogP contribution in [0.5, 0.6) is 0 Å². The average molecular weight is 278 g/mol. The Bertz CT molecular complexity index is 456. The molecular weight excluding hydrogens is 252 g/mol. The van der Waals surface area contributed by atoms with E-state index in [9.17, 15) is 4.79 Å². The van der Waals surface area contributed by atoms with E-state index in [0.717, 1.165) is 24.1 Å². The van der Waals surface area contributed by atoms with Crippen LogP contribution in [0.3, 0.4) is 0 Å². The molecule has 0 spiro atoms. The van der Waals surface area contributed by atoms with Crippen LogP contribution in [0.4, 0.5) is 11.4 Å². The number of hydrogen-bond acceptors (Lipinski definition) is 3. The Hall–Kier alpha value is -1.55. The van der Waals surface area contributed by atoms with Gasteiger partial charge in [-0.05, 0) is 51.3 Å². The van der Waals surface area contributed by atoms with Gasteiger partial charge >= 0.3 is 0 Å². The van der Waals surface area contributed by atoms with Gasteiger partial charge in [-0.3, -0.25) is 4.79 Å². The molecule has 112 valence electrons. The number of rotatable bonds is 7. The zero-order valence-electron chi connectivity index (χ0n) is 13.0. The molecule has 4 heteroatoms. The van der Waals surface area contributed by atoms with Crippen LogP contribution in [0.2, 0.25) is 0 Å². The number of nitrogen functional groups attached to an aromatic ring is 1. The first-order valence-electron chi connectivity index (χ1n) is 7.14. The summed E-state index contributed by atoms with van der Waals surface area (Å²) in [6.45, 7) is 8.71. The molecule has 3 N–H and O–H groups in total. The first kappa shape index (κ1) is 16.5. The molecule has 0 aliphatic heterocycles. The van der Waals surface area contributed by atoms with Gasteiger partial charge in [0.15, 0.2) is 0 Å². The second-order valence-corrected chi connectivity index (χ2v) is 5.63. The number of amides is 1. The molecule has 1 aromatic rings. The third-order valence-corrected chi connectivity index (χ3v) is 3.54. The molecule has 0 atom stereocenters. The van der Waals surface area contributed by atoms with Gasteiger partial charge in [0.05, 0.1) is 5.60 Å². The molecule has 0 radical (unpaired) electrons. The first-order chi connectivity index (χ1) is 9.35. The Morgan fingerprint density at radius 2 is 2.10 bits per heavy atom. The summed E-state index contributed by atoms with van der Waals surface area (Å²) in [7, 11) is 0. The van der Waals surface area contributed by atoms with Crippen LogP contribution in [0.25, 0.3) is 0 Å². The highest BCUT2D eigenvalue weighted by Gasteiger charge is 2.15. The number of ether oxygens (including phenoxy) is 1. The molecule has 0 aromatic heterocycles. The number of nitrogens with one attached hydrogen (secondary N) is 1. The van der Waals surface area contributed by atoms with Gasteiger partial charge < -0.3 is 15.8 Å². The van der Waals surface area contributed by atoms with E-state index >= 15 is 0 Å². The maximum Gasteiger partial charge on any atom is 0.224 e. The molecule has 1 aromatic carbocycles. The van der Waals surface area contributed by atoms with Gasteiger partial charge in [-0.2, -0.15) is 0 Å². The van der Waals surface area contributed by atoms with Crippen LogP contribution in [-0.4, -0.2) is 18.1 Å². The van der Waals surface area contributed by atoms with Crippen molar-refractivity contribution in [1.29, 1.82) is 0 Å². The van der Waals surface area contributed by atoms with Crippen LogP contribution in [0.1, 0.15) is 45.6 Å². The molecule has 4 nitrogen and oxygen atoms in total. The van der Waals surface area contributed by atoms with Crippen LogP contribution in [-0.2, 0) is 9.53 Å². The van der Waals surface area contributed by atoms with E-state index in [1.54, 1.807) is 0 Å². The van der Waals surface area contributed by atoms with Crippen molar-refractivity contribution in [3.8, 4) is 0 Å². The van der Waals surface area contributed by atoms with Crippen LogP contribution in [0.15, 0.2) is 18.2 Å². The summed E-state index contributed by atoms with van der Waals surface area (Å²) in [5, 5.41) is 2.89. The predicted octanol–water partition coefficient (Wildman–Crippen LogP) is 3.50. The van der Waals surface area contributed by atoms with Crippen molar-refractivity contribution in [1.82, 2.24) is 0 Å². The molecule has 0 saturated carbocycles. The van der Waals surface area contributed by atoms with Gasteiger partial charge in [0, 0.05) is 24.4 Å². The molecule has 1 rings (SSSR count). The minimum atomic E-state index is -0.110. The highest BCUT2D eigenvalue weighted by atomic mass is 16.5. The van der Waals surface area contributed by atoms with Gasteiger partial charge in [-0.25, -0.2) is 0 Å². The average Bonchev–Trinajstić information content (AvgIpc) is 2.40. The van der Waals surface area contributed by atoms with Crippen molar-refractivity contribution in [3.05, 3.63) is 23.8 Å². The van der Waals surface area contributed by atoms with E-state index in [2.05, 4.69) is 26.1 Å². The van der Waals surface area contributed by atoms with Crippen molar-refractivity contribution < 1.29 is 9.53 Å². The van der Waals surface area contributed by atoms with Gasteiger partial charge in [0.2, 0.25) is 5.91 Å². The Kier molecular flexibility index (Phi) is 6.02. The summed E-state index contributed by atoms with van der Waals surface area (Å²) in [5.41, 5.74) is 8.08. The van der Waals surface area contributed by atoms with Crippen molar-refractivity contribution in [2.75, 3.05) is 17.7 Å². The second-order valence-electron chi connectivity index (χ2n) is 5.63. The largest absolute Gasteiger partial charge is 0.398 e. The number of anilines is 2. The number of carbonyl (C=O) groups excluding carboxylic acids is 1. The SMILES string of the molecule is CCC(C)(C)OCCCC(=O)Nc1cccc(N)c1C. The maximum atomic E-state index is 11.9. The fraction of sp³-hybridized carbons (Fsp3) is 0.562. The van der Waals surface area contributed by atoms with E-state index in [0.29, 0.717) is 18.7 Å². The van der Waals surface area contributed by atoms with Crippen molar-refractivity contribution in [3.63, 3.8) is 0 Å². The fourth-order valence-electron chi connectivity index (χ4n) is 1.68. The molecule has 20 heavy (non-hydrogen) atoms. The molecule has 0 bridgehead atoms. The Balaban J connectivity index is 2.36. The zero-order chi connectivity index (χ0) is 15.2. The van der Waals surface area contributed by atoms with Crippen molar-refractivity contribution in [2.24, 2.45) is 0 Å². The van der Waals surface area contributed by atoms with E-state index in [1.807, 2.05) is 25.1 Å². The van der Waals surface area contributed by atoms with Crippen LogP contribution in [0, 0.1) is 6.92 Å². The lowest BCUT2D eigenvalue weighted by Gasteiger charge is -2.23. The highest BCUT2D eigenvalue weighted by Crippen LogP contribution is 2.20. The van der Waals surface area contributed by atoms with Gasteiger partial charge in [0.1, 0.15) is 0 Å². The van der Waals surface area contributed by atoms with Gasteiger partial charge in [-0.15, -0.1) is 0 Å². The molecule has 0 fully saturated rings. The summed E-state index contributed by atoms with van der Waals surface area (Å²) in [4.78, 5) is 11.9. The quantitative estimate of drug-likeness (QED) is 0.592. The topological polar surface area (TPSA) is 64.3 Å². The number of benzene rings is 1. The number of carbonyl (C=O) groups is 1. The van der Waals surface area contributed by atoms with E-state index in [4.69, 9.17) is 10.5 Å². The highest BCUT2D eigenvalue weighted by molar-refractivity contribution is 5.92. The summed E-state index contributed by atoms with van der Waals surface area (Å²) in [6.07, 6.45) is 2.13. The second kappa shape index (κ2) is 7.29. The molecule has 0 saturated heterocycles. The lowest BCUT2D eigenvalue weighted by molar-refractivity contribution is -0.117. The lowest BCUT2D eigenvalue weighted by Crippen LogP contribution is -2.24. The van der Waals surface area contributed by atoms with E-state index in [1.165, 1.54) is 0 Å². The molecule has 1 amide bonds. The predicted molar refractivity (Wildman–Crippen MR) is 83.8 cm³/mol. The fourth-order valence-corrected chi connectivity index (χ4v) is 1.68. The van der Waals surface area contributed by atoms with E-state index in [-0.39, 0.29) is 11.5 Å².